The molecule has 0 saturated heterocycles. The summed E-state index contributed by atoms with van der Waals surface area (Å²) in [5.74, 6) is -2.03. The summed E-state index contributed by atoms with van der Waals surface area (Å²) in [5, 5.41) is 11.9. The van der Waals surface area contributed by atoms with E-state index in [9.17, 15) is 14.7 Å². The molecule has 8 heteroatoms. The van der Waals surface area contributed by atoms with Crippen molar-refractivity contribution >= 4 is 17.8 Å². The summed E-state index contributed by atoms with van der Waals surface area (Å²) < 4.78 is 9.49. The van der Waals surface area contributed by atoms with Gasteiger partial charge in [-0.15, -0.1) is 0 Å². The van der Waals surface area contributed by atoms with Crippen molar-refractivity contribution in [1.29, 1.82) is 0 Å². The molecule has 0 fully saturated rings. The Labute approximate surface area is 115 Å². The van der Waals surface area contributed by atoms with Crippen LogP contribution >= 0.6 is 0 Å². The number of hydrogen-bond acceptors (Lipinski definition) is 8. The second-order valence-electron chi connectivity index (χ2n) is 3.37. The van der Waals surface area contributed by atoms with Crippen LogP contribution in [-0.4, -0.2) is 40.2 Å². The van der Waals surface area contributed by atoms with E-state index in [2.05, 4.69) is 15.3 Å². The number of carbonyl (C=O) groups is 2. The minimum atomic E-state index is -0.832. The van der Waals surface area contributed by atoms with E-state index >= 15 is 0 Å². The molecule has 0 spiro atoms. The number of ether oxygens (including phenoxy) is 2. The van der Waals surface area contributed by atoms with Gasteiger partial charge >= 0.3 is 11.9 Å². The number of hydrogen-bond donors (Lipinski definition) is 2. The molecular weight excluding hydrogens is 266 g/mol. The molecular formula is C12H15N3O5. The fourth-order valence-electron chi connectivity index (χ4n) is 1.19. The molecule has 1 rings (SSSR count). The number of aromatic hydroxyl groups is 1. The van der Waals surface area contributed by atoms with Gasteiger partial charge in [-0.25, -0.2) is 19.6 Å². The quantitative estimate of drug-likeness (QED) is 0.337. The van der Waals surface area contributed by atoms with Crippen molar-refractivity contribution in [3.8, 4) is 5.88 Å². The fraction of sp³-hybridized carbons (Fsp3) is 0.333. The Hall–Kier alpha value is -2.64. The molecule has 1 heterocycles. The topological polar surface area (TPSA) is 111 Å². The van der Waals surface area contributed by atoms with Gasteiger partial charge in [-0.2, -0.15) is 0 Å². The second kappa shape index (κ2) is 7.72. The normalized spacial score (nSPS) is 9.50. The molecule has 8 nitrogen and oxygen atoms in total. The number of esters is 2. The third-order valence-electron chi connectivity index (χ3n) is 2.02. The van der Waals surface area contributed by atoms with E-state index in [0.717, 1.165) is 6.20 Å². The molecule has 0 aromatic carbocycles. The van der Waals surface area contributed by atoms with Crippen molar-refractivity contribution in [3.05, 3.63) is 24.2 Å². The zero-order chi connectivity index (χ0) is 15.0. The van der Waals surface area contributed by atoms with E-state index in [1.54, 1.807) is 13.8 Å². The summed E-state index contributed by atoms with van der Waals surface area (Å²) in [6.45, 7) is 3.46. The van der Waals surface area contributed by atoms with Gasteiger partial charge in [0, 0.05) is 18.6 Å². The van der Waals surface area contributed by atoms with Crippen LogP contribution in [-0.2, 0) is 19.1 Å². The molecule has 0 unspecified atom stereocenters. The van der Waals surface area contributed by atoms with Crippen molar-refractivity contribution in [2.45, 2.75) is 13.8 Å². The molecule has 108 valence electrons. The van der Waals surface area contributed by atoms with E-state index in [1.165, 1.54) is 12.4 Å². The Balaban J connectivity index is 2.92. The molecule has 0 aliphatic carbocycles. The van der Waals surface area contributed by atoms with Crippen LogP contribution in [0.2, 0.25) is 0 Å². The molecule has 1 aromatic rings. The van der Waals surface area contributed by atoms with Gasteiger partial charge in [-0.3, -0.25) is 0 Å². The number of nitrogens with zero attached hydrogens (tertiary/aromatic N) is 2. The minimum Gasteiger partial charge on any atom is -0.491 e. The molecule has 0 aliphatic rings. The van der Waals surface area contributed by atoms with Gasteiger partial charge in [0.15, 0.2) is 11.4 Å². The lowest BCUT2D eigenvalue weighted by atomic mass is 10.3. The van der Waals surface area contributed by atoms with E-state index in [1.807, 2.05) is 0 Å². The van der Waals surface area contributed by atoms with Crippen LogP contribution in [0.5, 0.6) is 5.88 Å². The summed E-state index contributed by atoms with van der Waals surface area (Å²) in [6, 6.07) is 0. The first-order chi connectivity index (χ1) is 9.60. The predicted molar refractivity (Wildman–Crippen MR) is 68.7 cm³/mol. The predicted octanol–water partition coefficient (Wildman–Crippen LogP) is 0.604. The van der Waals surface area contributed by atoms with Crippen LogP contribution in [0.1, 0.15) is 13.8 Å². The van der Waals surface area contributed by atoms with Crippen LogP contribution in [0.3, 0.4) is 0 Å². The van der Waals surface area contributed by atoms with Crippen molar-refractivity contribution in [3.63, 3.8) is 0 Å². The number of aromatic nitrogens is 2. The number of rotatable bonds is 6. The van der Waals surface area contributed by atoms with Crippen LogP contribution in [0.4, 0.5) is 5.82 Å². The summed E-state index contributed by atoms with van der Waals surface area (Å²) in [6.07, 6.45) is 3.69. The molecule has 0 saturated carbocycles. The lowest BCUT2D eigenvalue weighted by Gasteiger charge is -2.07. The highest BCUT2D eigenvalue weighted by Crippen LogP contribution is 2.15. The van der Waals surface area contributed by atoms with Gasteiger partial charge in [0.2, 0.25) is 0 Å². The maximum absolute atomic E-state index is 11.6. The van der Waals surface area contributed by atoms with Crippen LogP contribution in [0.25, 0.3) is 0 Å². The number of carbonyl (C=O) groups excluding carboxylic acids is 2. The molecule has 20 heavy (non-hydrogen) atoms. The average molecular weight is 281 g/mol. The molecule has 0 aliphatic heterocycles. The number of anilines is 1. The van der Waals surface area contributed by atoms with E-state index in [-0.39, 0.29) is 30.5 Å². The molecule has 0 radical (unpaired) electrons. The zero-order valence-electron chi connectivity index (χ0n) is 11.1. The van der Waals surface area contributed by atoms with Crippen molar-refractivity contribution < 1.29 is 24.2 Å². The lowest BCUT2D eigenvalue weighted by molar-refractivity contribution is -0.146. The molecule has 0 bridgehead atoms. The third kappa shape index (κ3) is 4.23. The summed E-state index contributed by atoms with van der Waals surface area (Å²) in [7, 11) is 0. The second-order valence-corrected chi connectivity index (χ2v) is 3.37. The third-order valence-corrected chi connectivity index (χ3v) is 2.02. The SMILES string of the molecule is CCOC(=O)C(=CNc1nccnc1O)C(=O)OCC. The van der Waals surface area contributed by atoms with Crippen molar-refractivity contribution in [2.75, 3.05) is 18.5 Å². The van der Waals surface area contributed by atoms with Crippen LogP contribution in [0.15, 0.2) is 24.2 Å². The molecule has 0 atom stereocenters. The van der Waals surface area contributed by atoms with Gasteiger partial charge in [0.25, 0.3) is 5.88 Å². The lowest BCUT2D eigenvalue weighted by Crippen LogP contribution is -2.19. The van der Waals surface area contributed by atoms with Gasteiger partial charge < -0.3 is 19.9 Å². The van der Waals surface area contributed by atoms with Gasteiger partial charge in [0.1, 0.15) is 0 Å². The highest BCUT2D eigenvalue weighted by atomic mass is 16.6. The standard InChI is InChI=1S/C12H15N3O5/c1-3-19-11(17)8(12(18)20-4-2)7-15-9-10(16)14-6-5-13-9/h5-7H,3-4H2,1-2H3,(H,13,15)(H,14,16). The van der Waals surface area contributed by atoms with Crippen LogP contribution < -0.4 is 5.32 Å². The first-order valence-electron chi connectivity index (χ1n) is 5.91. The smallest absolute Gasteiger partial charge is 0.347 e. The molecule has 0 amide bonds. The van der Waals surface area contributed by atoms with E-state index in [4.69, 9.17) is 9.47 Å². The Morgan fingerprint density at radius 3 is 2.25 bits per heavy atom. The zero-order valence-corrected chi connectivity index (χ0v) is 11.1. The van der Waals surface area contributed by atoms with Crippen LogP contribution in [0, 0.1) is 0 Å². The highest BCUT2D eigenvalue weighted by molar-refractivity contribution is 6.14. The van der Waals surface area contributed by atoms with Gasteiger partial charge in [-0.05, 0) is 13.8 Å². The van der Waals surface area contributed by atoms with Gasteiger partial charge in [-0.1, -0.05) is 0 Å². The molecule has 2 N–H and O–H groups in total. The largest absolute Gasteiger partial charge is 0.491 e. The highest BCUT2D eigenvalue weighted by Gasteiger charge is 2.21. The van der Waals surface area contributed by atoms with E-state index in [0.29, 0.717) is 0 Å². The number of nitrogens with one attached hydrogen (secondary N) is 1. The van der Waals surface area contributed by atoms with Crippen molar-refractivity contribution in [1.82, 2.24) is 9.97 Å². The Kier molecular flexibility index (Phi) is 5.95. The summed E-state index contributed by atoms with van der Waals surface area (Å²) >= 11 is 0. The monoisotopic (exact) mass is 281 g/mol. The first-order valence-corrected chi connectivity index (χ1v) is 5.91. The van der Waals surface area contributed by atoms with E-state index < -0.39 is 11.9 Å². The van der Waals surface area contributed by atoms with Gasteiger partial charge in [0.05, 0.1) is 13.2 Å². The van der Waals surface area contributed by atoms with Crippen molar-refractivity contribution in [2.24, 2.45) is 0 Å². The molecule has 1 aromatic heterocycles. The fourth-order valence-corrected chi connectivity index (χ4v) is 1.19. The maximum Gasteiger partial charge on any atom is 0.347 e. The summed E-state index contributed by atoms with van der Waals surface area (Å²) in [5.41, 5.74) is -0.334. The average Bonchev–Trinajstić information content (AvgIpc) is 2.41. The summed E-state index contributed by atoms with van der Waals surface area (Å²) in [4.78, 5) is 30.6. The Morgan fingerprint density at radius 2 is 1.75 bits per heavy atom. The Bertz CT molecular complexity index is 496. The maximum atomic E-state index is 11.6. The Morgan fingerprint density at radius 1 is 1.20 bits per heavy atom. The first kappa shape index (κ1) is 15.4. The minimum absolute atomic E-state index is 0.00130.